The zero-order valence-electron chi connectivity index (χ0n) is 25.2. The maximum atomic E-state index is 15.1. The third-order valence-corrected chi connectivity index (χ3v) is 8.91. The highest BCUT2D eigenvalue weighted by molar-refractivity contribution is 5.87. The van der Waals surface area contributed by atoms with Gasteiger partial charge in [-0.15, -0.1) is 0 Å². The zero-order chi connectivity index (χ0) is 31.1. The Hall–Kier alpha value is -4.15. The van der Waals surface area contributed by atoms with Gasteiger partial charge in [0.25, 0.3) is 0 Å². The topological polar surface area (TPSA) is 115 Å². The Morgan fingerprint density at radius 2 is 2.00 bits per heavy atom. The number of ether oxygens (including phenoxy) is 1. The molecule has 2 fully saturated rings. The molecule has 236 valence electrons. The lowest BCUT2D eigenvalue weighted by atomic mass is 9.94. The van der Waals surface area contributed by atoms with E-state index in [0.29, 0.717) is 50.8 Å². The summed E-state index contributed by atoms with van der Waals surface area (Å²) in [6, 6.07) is 7.60. The molecule has 44 heavy (non-hydrogen) atoms. The van der Waals surface area contributed by atoms with E-state index < -0.39 is 17.8 Å². The average molecular weight is 608 g/mol. The van der Waals surface area contributed by atoms with Gasteiger partial charge in [-0.05, 0) is 86.3 Å². The summed E-state index contributed by atoms with van der Waals surface area (Å²) in [5, 5.41) is 13.0. The van der Waals surface area contributed by atoms with Crippen LogP contribution in [0, 0.1) is 11.7 Å². The number of pyridine rings is 1. The van der Waals surface area contributed by atoms with Gasteiger partial charge in [0.1, 0.15) is 5.82 Å². The number of carboxylic acid groups (broad SMARTS) is 1. The summed E-state index contributed by atoms with van der Waals surface area (Å²) in [5.74, 6) is -0.252. The highest BCUT2D eigenvalue weighted by Gasteiger charge is 2.35. The van der Waals surface area contributed by atoms with E-state index in [1.54, 1.807) is 15.9 Å². The number of benzene rings is 1. The first-order valence-electron chi connectivity index (χ1n) is 15.7. The van der Waals surface area contributed by atoms with E-state index in [0.717, 1.165) is 63.0 Å². The van der Waals surface area contributed by atoms with Crippen LogP contribution in [0.3, 0.4) is 0 Å². The van der Waals surface area contributed by atoms with Crippen LogP contribution < -0.4 is 10.1 Å². The highest BCUT2D eigenvalue weighted by atomic mass is 19.1. The van der Waals surface area contributed by atoms with Gasteiger partial charge in [-0.25, -0.2) is 14.2 Å². The summed E-state index contributed by atoms with van der Waals surface area (Å²) in [4.78, 5) is 46.7. The van der Waals surface area contributed by atoms with Crippen LogP contribution in [0.15, 0.2) is 43.0 Å². The molecule has 1 unspecified atom stereocenters. The molecule has 4 heterocycles. The van der Waals surface area contributed by atoms with Gasteiger partial charge >= 0.3 is 12.0 Å². The van der Waals surface area contributed by atoms with Gasteiger partial charge in [0, 0.05) is 45.0 Å². The number of urea groups is 1. The van der Waals surface area contributed by atoms with Crippen molar-refractivity contribution in [1.29, 1.82) is 0 Å². The van der Waals surface area contributed by atoms with Crippen molar-refractivity contribution in [2.24, 2.45) is 5.92 Å². The van der Waals surface area contributed by atoms with E-state index in [4.69, 9.17) is 9.72 Å². The van der Waals surface area contributed by atoms with Crippen LogP contribution >= 0.6 is 0 Å². The molecule has 2 N–H and O–H groups in total. The van der Waals surface area contributed by atoms with Gasteiger partial charge < -0.3 is 29.9 Å². The second-order valence-electron chi connectivity index (χ2n) is 11.8. The van der Waals surface area contributed by atoms with Crippen molar-refractivity contribution >= 4 is 23.7 Å². The number of aliphatic carboxylic acids is 1. The highest BCUT2D eigenvalue weighted by Crippen LogP contribution is 2.32. The first-order chi connectivity index (χ1) is 21.3. The van der Waals surface area contributed by atoms with Gasteiger partial charge in [0.15, 0.2) is 11.6 Å². The maximum absolute atomic E-state index is 15.1. The number of likely N-dealkylation sites (tertiary alicyclic amines) is 1. The number of aryl methyl sites for hydroxylation is 2. The van der Waals surface area contributed by atoms with Gasteiger partial charge in [-0.2, -0.15) is 0 Å². The largest absolute Gasteiger partial charge is 0.491 e. The summed E-state index contributed by atoms with van der Waals surface area (Å²) in [6.45, 7) is 7.55. The third-order valence-electron chi connectivity index (χ3n) is 8.91. The van der Waals surface area contributed by atoms with E-state index in [2.05, 4.69) is 18.0 Å². The lowest BCUT2D eigenvalue weighted by Gasteiger charge is -2.31. The minimum atomic E-state index is -1.06. The van der Waals surface area contributed by atoms with Crippen molar-refractivity contribution in [2.75, 3.05) is 51.2 Å². The number of amides is 3. The Morgan fingerprint density at radius 1 is 1.18 bits per heavy atom. The number of piperidine rings is 1. The molecular weight excluding hydrogens is 565 g/mol. The van der Waals surface area contributed by atoms with Crippen LogP contribution in [0.4, 0.5) is 15.0 Å². The monoisotopic (exact) mass is 607 g/mol. The molecule has 1 aromatic carbocycles. The van der Waals surface area contributed by atoms with Gasteiger partial charge in [0.05, 0.1) is 19.1 Å². The van der Waals surface area contributed by atoms with Crippen LogP contribution in [-0.2, 0) is 22.4 Å². The zero-order valence-corrected chi connectivity index (χ0v) is 25.2. The summed E-state index contributed by atoms with van der Waals surface area (Å²) in [5.41, 5.74) is 2.65. The molecule has 0 radical (unpaired) electrons. The first kappa shape index (κ1) is 31.3. The number of halogens is 1. The maximum Gasteiger partial charge on any atom is 0.320 e. The molecule has 3 aliphatic heterocycles. The molecule has 5 rings (SSSR count). The summed E-state index contributed by atoms with van der Waals surface area (Å²) in [7, 11) is 0. The minimum Gasteiger partial charge on any atom is -0.491 e. The Balaban J connectivity index is 1.13. The van der Waals surface area contributed by atoms with E-state index >= 15 is 4.39 Å². The van der Waals surface area contributed by atoms with Gasteiger partial charge in [-0.3, -0.25) is 9.59 Å². The van der Waals surface area contributed by atoms with Crippen LogP contribution in [-0.4, -0.2) is 88.6 Å². The number of nitrogens with one attached hydrogen (secondary N) is 1. The number of fused-ring (bicyclic) bond motifs is 1. The lowest BCUT2D eigenvalue weighted by molar-refractivity contribution is -0.138. The van der Waals surface area contributed by atoms with Crippen molar-refractivity contribution in [1.82, 2.24) is 19.7 Å². The Labute approximate surface area is 257 Å². The van der Waals surface area contributed by atoms with Crippen molar-refractivity contribution in [2.45, 2.75) is 57.4 Å². The number of hydrogen-bond donors (Lipinski definition) is 2. The standard InChI is InChI=1S/C33H42FN5O5/c1-2-30(40)37-16-11-23(12-17-37)13-20-44-29-10-8-25(21-27(29)34)28(22-31(41)42)39-19-18-38(33(39)43)15-4-6-26-9-7-24-5-3-14-35-32(24)36-26/h2,7-10,21,23,28H,1,3-6,11-20,22H2,(H,35,36)(H,41,42). The molecule has 3 aliphatic rings. The Bertz CT molecular complexity index is 1360. The number of rotatable bonds is 13. The molecule has 0 bridgehead atoms. The smallest absolute Gasteiger partial charge is 0.320 e. The average Bonchev–Trinajstić information content (AvgIpc) is 3.39. The molecular formula is C33H42FN5O5. The summed E-state index contributed by atoms with van der Waals surface area (Å²) in [6.07, 6.45) is 7.10. The van der Waals surface area contributed by atoms with Crippen LogP contribution in [0.1, 0.15) is 61.4 Å². The quantitative estimate of drug-likeness (QED) is 0.319. The predicted octanol–water partition coefficient (Wildman–Crippen LogP) is 4.66. The molecule has 11 heteroatoms. The number of carbonyl (C=O) groups is 3. The molecule has 0 spiro atoms. The second kappa shape index (κ2) is 14.5. The third kappa shape index (κ3) is 7.67. The molecule has 10 nitrogen and oxygen atoms in total. The van der Waals surface area contributed by atoms with Crippen molar-refractivity contribution in [3.63, 3.8) is 0 Å². The molecule has 0 saturated carbocycles. The normalized spacial score (nSPS) is 17.7. The predicted molar refractivity (Wildman–Crippen MR) is 164 cm³/mol. The Morgan fingerprint density at radius 3 is 2.75 bits per heavy atom. The first-order valence-corrected chi connectivity index (χ1v) is 15.7. The number of aromatic nitrogens is 1. The van der Waals surface area contributed by atoms with Gasteiger partial charge in [0.2, 0.25) is 5.91 Å². The van der Waals surface area contributed by atoms with Gasteiger partial charge in [-0.1, -0.05) is 18.7 Å². The number of hydrogen-bond acceptors (Lipinski definition) is 6. The van der Waals surface area contributed by atoms with E-state index in [1.165, 1.54) is 28.7 Å². The van der Waals surface area contributed by atoms with Crippen LogP contribution in [0.25, 0.3) is 0 Å². The number of carbonyl (C=O) groups excluding carboxylic acids is 2. The fraction of sp³-hybridized carbons (Fsp3) is 0.515. The van der Waals surface area contributed by atoms with Crippen molar-refractivity contribution in [3.05, 3.63) is 65.6 Å². The second-order valence-corrected chi connectivity index (χ2v) is 11.8. The minimum absolute atomic E-state index is 0.0531. The number of nitrogens with zero attached hydrogens (tertiary/aromatic N) is 4. The SMILES string of the molecule is C=CC(=O)N1CCC(CCOc2ccc(C(CC(=O)O)N3CCN(CCCc4ccc5c(n4)NCCC5)C3=O)cc2F)CC1. The molecule has 2 saturated heterocycles. The van der Waals surface area contributed by atoms with Crippen molar-refractivity contribution < 1.29 is 28.6 Å². The van der Waals surface area contributed by atoms with Crippen molar-refractivity contribution in [3.8, 4) is 5.75 Å². The molecule has 2 aromatic rings. The summed E-state index contributed by atoms with van der Waals surface area (Å²) < 4.78 is 20.9. The summed E-state index contributed by atoms with van der Waals surface area (Å²) >= 11 is 0. The lowest BCUT2D eigenvalue weighted by Crippen LogP contribution is -2.37. The van der Waals surface area contributed by atoms with Crippen LogP contribution in [0.2, 0.25) is 0 Å². The van der Waals surface area contributed by atoms with E-state index in [9.17, 15) is 19.5 Å². The molecule has 1 atom stereocenters. The fourth-order valence-corrected chi connectivity index (χ4v) is 6.38. The number of anilines is 1. The Kier molecular flexibility index (Phi) is 10.3. The molecule has 3 amide bonds. The fourth-order valence-electron chi connectivity index (χ4n) is 6.38. The van der Waals surface area contributed by atoms with Crippen LogP contribution in [0.5, 0.6) is 5.75 Å². The molecule has 0 aliphatic carbocycles. The number of carboxylic acids is 1. The van der Waals surface area contributed by atoms with E-state index in [1.807, 2.05) is 6.07 Å². The molecule has 1 aromatic heterocycles. The van der Waals surface area contributed by atoms with E-state index in [-0.39, 0.29) is 24.1 Å².